The van der Waals surface area contributed by atoms with E-state index in [2.05, 4.69) is 4.98 Å². The third-order valence-corrected chi connectivity index (χ3v) is 2.75. The van der Waals surface area contributed by atoms with Crippen molar-refractivity contribution in [3.8, 4) is 5.75 Å². The molecule has 2 aromatic rings. The number of nitrogens with zero attached hydrogens (tertiary/aromatic N) is 1. The van der Waals surface area contributed by atoms with Gasteiger partial charge >= 0.3 is 0 Å². The third-order valence-electron chi connectivity index (χ3n) is 2.26. The highest BCUT2D eigenvalue weighted by molar-refractivity contribution is 6.33. The zero-order chi connectivity index (χ0) is 11.0. The van der Waals surface area contributed by atoms with Crippen LogP contribution in [0.25, 0.3) is 10.9 Å². The minimum absolute atomic E-state index is 0.473. The van der Waals surface area contributed by atoms with Crippen molar-refractivity contribution in [2.45, 2.75) is 6.92 Å². The molecule has 0 fully saturated rings. The van der Waals surface area contributed by atoms with Crippen molar-refractivity contribution in [2.75, 3.05) is 7.11 Å². The Kier molecular flexibility index (Phi) is 2.72. The molecule has 1 heterocycles. The van der Waals surface area contributed by atoms with Crippen molar-refractivity contribution in [1.82, 2.24) is 4.98 Å². The van der Waals surface area contributed by atoms with Crippen molar-refractivity contribution >= 4 is 34.1 Å². The van der Waals surface area contributed by atoms with Crippen LogP contribution in [0.5, 0.6) is 5.75 Å². The fraction of sp³-hybridized carbons (Fsp3) is 0.182. The number of aryl methyl sites for hydroxylation is 1. The molecule has 0 N–H and O–H groups in total. The molecule has 15 heavy (non-hydrogen) atoms. The minimum atomic E-state index is 0.473. The average molecular weight is 242 g/mol. The monoisotopic (exact) mass is 241 g/mol. The van der Waals surface area contributed by atoms with Gasteiger partial charge in [-0.1, -0.05) is 23.2 Å². The molecule has 0 aliphatic rings. The Bertz CT molecular complexity index is 525. The summed E-state index contributed by atoms with van der Waals surface area (Å²) < 4.78 is 5.15. The summed E-state index contributed by atoms with van der Waals surface area (Å²) in [6, 6.07) is 5.45. The minimum Gasteiger partial charge on any atom is -0.495 e. The molecule has 0 bridgehead atoms. The summed E-state index contributed by atoms with van der Waals surface area (Å²) in [5, 5.41) is 2.01. The molecule has 0 aliphatic heterocycles. The van der Waals surface area contributed by atoms with Crippen LogP contribution in [0, 0.1) is 6.92 Å². The van der Waals surface area contributed by atoms with Gasteiger partial charge in [0, 0.05) is 5.39 Å². The van der Waals surface area contributed by atoms with E-state index in [4.69, 9.17) is 27.9 Å². The van der Waals surface area contributed by atoms with E-state index in [0.717, 1.165) is 16.5 Å². The van der Waals surface area contributed by atoms with Crippen molar-refractivity contribution in [3.05, 3.63) is 33.9 Å². The number of ether oxygens (including phenoxy) is 1. The molecule has 2 nitrogen and oxygen atoms in total. The van der Waals surface area contributed by atoms with Gasteiger partial charge in [0.15, 0.2) is 0 Å². The van der Waals surface area contributed by atoms with Crippen LogP contribution in [0.2, 0.25) is 10.2 Å². The molecule has 0 aliphatic carbocycles. The topological polar surface area (TPSA) is 22.1 Å². The Labute approximate surface area is 97.8 Å². The molecule has 1 aromatic carbocycles. The van der Waals surface area contributed by atoms with E-state index in [1.807, 2.05) is 19.1 Å². The Balaban J connectivity index is 2.81. The van der Waals surface area contributed by atoms with Crippen LogP contribution < -0.4 is 4.74 Å². The Morgan fingerprint density at radius 3 is 2.60 bits per heavy atom. The van der Waals surface area contributed by atoms with Gasteiger partial charge in [-0.25, -0.2) is 4.98 Å². The Hall–Kier alpha value is -0.990. The van der Waals surface area contributed by atoms with Gasteiger partial charge in [-0.05, 0) is 30.7 Å². The predicted octanol–water partition coefficient (Wildman–Crippen LogP) is 3.86. The van der Waals surface area contributed by atoms with E-state index in [1.54, 1.807) is 13.2 Å². The van der Waals surface area contributed by atoms with Gasteiger partial charge < -0.3 is 4.74 Å². The van der Waals surface area contributed by atoms with Crippen LogP contribution >= 0.6 is 23.2 Å². The maximum atomic E-state index is 6.00. The van der Waals surface area contributed by atoms with Gasteiger partial charge in [-0.15, -0.1) is 0 Å². The summed E-state index contributed by atoms with van der Waals surface area (Å²) in [5.74, 6) is 0.649. The first-order chi connectivity index (χ1) is 7.11. The molecule has 0 saturated heterocycles. The predicted molar refractivity (Wildman–Crippen MR) is 63.1 cm³/mol. The van der Waals surface area contributed by atoms with Crippen LogP contribution in [-0.2, 0) is 0 Å². The lowest BCUT2D eigenvalue weighted by atomic mass is 10.1. The lowest BCUT2D eigenvalue weighted by Gasteiger charge is -2.07. The van der Waals surface area contributed by atoms with E-state index in [0.29, 0.717) is 15.9 Å². The molecular formula is C11H9Cl2NO. The van der Waals surface area contributed by atoms with Crippen LogP contribution in [0.4, 0.5) is 0 Å². The standard InChI is InChI=1S/C11H9Cl2NO/c1-6-3-11(13)14-9-5-8(12)10(15-2)4-7(6)9/h3-5H,1-2H3. The summed E-state index contributed by atoms with van der Waals surface area (Å²) in [4.78, 5) is 4.20. The maximum absolute atomic E-state index is 6.00. The fourth-order valence-corrected chi connectivity index (χ4v) is 2.00. The SMILES string of the molecule is COc1cc2c(C)cc(Cl)nc2cc1Cl. The van der Waals surface area contributed by atoms with Gasteiger partial charge in [-0.3, -0.25) is 0 Å². The number of hydrogen-bond donors (Lipinski definition) is 0. The van der Waals surface area contributed by atoms with E-state index in [-0.39, 0.29) is 0 Å². The summed E-state index contributed by atoms with van der Waals surface area (Å²) >= 11 is 11.9. The van der Waals surface area contributed by atoms with E-state index in [9.17, 15) is 0 Å². The van der Waals surface area contributed by atoms with E-state index in [1.165, 1.54) is 0 Å². The van der Waals surface area contributed by atoms with Crippen molar-refractivity contribution in [2.24, 2.45) is 0 Å². The van der Waals surface area contributed by atoms with Crippen molar-refractivity contribution in [3.63, 3.8) is 0 Å². The second kappa shape index (κ2) is 3.87. The first-order valence-electron chi connectivity index (χ1n) is 4.42. The van der Waals surface area contributed by atoms with Gasteiger partial charge in [0.25, 0.3) is 0 Å². The largest absolute Gasteiger partial charge is 0.495 e. The van der Waals surface area contributed by atoms with Crippen LogP contribution in [0.15, 0.2) is 18.2 Å². The molecule has 4 heteroatoms. The highest BCUT2D eigenvalue weighted by atomic mass is 35.5. The van der Waals surface area contributed by atoms with Gasteiger partial charge in [0.05, 0.1) is 17.6 Å². The summed E-state index contributed by atoms with van der Waals surface area (Å²) in [7, 11) is 1.59. The Morgan fingerprint density at radius 2 is 1.93 bits per heavy atom. The van der Waals surface area contributed by atoms with E-state index >= 15 is 0 Å². The first-order valence-corrected chi connectivity index (χ1v) is 5.18. The smallest absolute Gasteiger partial charge is 0.138 e. The number of halogens is 2. The highest BCUT2D eigenvalue weighted by Crippen LogP contribution is 2.31. The summed E-state index contributed by atoms with van der Waals surface area (Å²) in [5.41, 5.74) is 1.84. The Morgan fingerprint density at radius 1 is 1.20 bits per heavy atom. The van der Waals surface area contributed by atoms with Gasteiger partial charge in [0.1, 0.15) is 10.9 Å². The number of hydrogen-bond acceptors (Lipinski definition) is 2. The second-order valence-corrected chi connectivity index (χ2v) is 4.06. The number of fused-ring (bicyclic) bond motifs is 1. The fourth-order valence-electron chi connectivity index (χ4n) is 1.51. The molecule has 1 aromatic heterocycles. The highest BCUT2D eigenvalue weighted by Gasteiger charge is 2.07. The quantitative estimate of drug-likeness (QED) is 0.708. The van der Waals surface area contributed by atoms with Crippen LogP contribution in [0.3, 0.4) is 0 Å². The maximum Gasteiger partial charge on any atom is 0.138 e. The normalized spacial score (nSPS) is 10.7. The number of pyridine rings is 1. The number of rotatable bonds is 1. The zero-order valence-electron chi connectivity index (χ0n) is 8.34. The van der Waals surface area contributed by atoms with Gasteiger partial charge in [0.2, 0.25) is 0 Å². The summed E-state index contributed by atoms with van der Waals surface area (Å²) in [6.07, 6.45) is 0. The van der Waals surface area contributed by atoms with Crippen LogP contribution in [0.1, 0.15) is 5.56 Å². The molecular weight excluding hydrogens is 233 g/mol. The van der Waals surface area contributed by atoms with Crippen molar-refractivity contribution in [1.29, 1.82) is 0 Å². The first kappa shape index (κ1) is 10.5. The van der Waals surface area contributed by atoms with Crippen molar-refractivity contribution < 1.29 is 4.74 Å². The molecule has 2 rings (SSSR count). The third kappa shape index (κ3) is 1.87. The summed E-state index contributed by atoms with van der Waals surface area (Å²) in [6.45, 7) is 1.98. The lowest BCUT2D eigenvalue weighted by Crippen LogP contribution is -1.88. The second-order valence-electron chi connectivity index (χ2n) is 3.27. The molecule has 78 valence electrons. The van der Waals surface area contributed by atoms with Crippen LogP contribution in [-0.4, -0.2) is 12.1 Å². The lowest BCUT2D eigenvalue weighted by molar-refractivity contribution is 0.415. The van der Waals surface area contributed by atoms with E-state index < -0.39 is 0 Å². The molecule has 0 atom stereocenters. The average Bonchev–Trinajstić information content (AvgIpc) is 2.16. The van der Waals surface area contributed by atoms with Gasteiger partial charge in [-0.2, -0.15) is 0 Å². The molecule has 0 amide bonds. The number of methoxy groups -OCH3 is 1. The zero-order valence-corrected chi connectivity index (χ0v) is 9.86. The number of benzene rings is 1. The molecule has 0 spiro atoms. The molecule has 0 radical (unpaired) electrons. The number of aromatic nitrogens is 1. The molecule has 0 saturated carbocycles. The molecule has 0 unspecified atom stereocenters.